The molecule has 1 aromatic rings. The van der Waals surface area contributed by atoms with Crippen molar-refractivity contribution in [2.45, 2.75) is 38.1 Å². The van der Waals surface area contributed by atoms with Crippen LogP contribution >= 0.6 is 15.9 Å². The molecule has 1 saturated heterocycles. The van der Waals surface area contributed by atoms with Crippen molar-refractivity contribution < 1.29 is 28.7 Å². The molecule has 1 atom stereocenters. The maximum Gasteiger partial charge on any atom is 0.266 e. The SMILES string of the molecule is O=C(COc1cccc2c1C(=O)N(C1CCC(=O)NC1=O)C2=O)NCCCCCBr. The lowest BCUT2D eigenvalue weighted by molar-refractivity contribution is -0.136. The summed E-state index contributed by atoms with van der Waals surface area (Å²) in [7, 11) is 0. The number of carbonyl (C=O) groups is 5. The first-order valence-corrected chi connectivity index (χ1v) is 10.9. The third-order valence-electron chi connectivity index (χ3n) is 4.92. The molecular formula is C20H22BrN3O6. The highest BCUT2D eigenvalue weighted by atomic mass is 79.9. The number of fused-ring (bicyclic) bond motifs is 1. The molecule has 0 saturated carbocycles. The summed E-state index contributed by atoms with van der Waals surface area (Å²) in [6.07, 6.45) is 2.99. The van der Waals surface area contributed by atoms with Gasteiger partial charge in [0.2, 0.25) is 11.8 Å². The second-order valence-electron chi connectivity index (χ2n) is 7.01. The minimum absolute atomic E-state index is 0.0253. The number of piperidine rings is 1. The van der Waals surface area contributed by atoms with Crippen LogP contribution in [0.4, 0.5) is 0 Å². The van der Waals surface area contributed by atoms with Gasteiger partial charge >= 0.3 is 0 Å². The van der Waals surface area contributed by atoms with Gasteiger partial charge in [-0.3, -0.25) is 34.2 Å². The van der Waals surface area contributed by atoms with Crippen LogP contribution in [0.3, 0.4) is 0 Å². The molecular weight excluding hydrogens is 458 g/mol. The Hall–Kier alpha value is -2.75. The smallest absolute Gasteiger partial charge is 0.266 e. The molecule has 10 heteroatoms. The Morgan fingerprint density at radius 1 is 1.17 bits per heavy atom. The molecule has 3 rings (SSSR count). The zero-order valence-corrected chi connectivity index (χ0v) is 17.8. The fourth-order valence-electron chi connectivity index (χ4n) is 3.42. The number of hydrogen-bond acceptors (Lipinski definition) is 6. The molecule has 30 heavy (non-hydrogen) atoms. The molecule has 1 aromatic carbocycles. The lowest BCUT2D eigenvalue weighted by Gasteiger charge is -2.27. The number of benzene rings is 1. The average Bonchev–Trinajstić information content (AvgIpc) is 2.97. The molecule has 0 bridgehead atoms. The van der Waals surface area contributed by atoms with Gasteiger partial charge in [0.25, 0.3) is 17.7 Å². The van der Waals surface area contributed by atoms with Crippen molar-refractivity contribution in [1.29, 1.82) is 0 Å². The van der Waals surface area contributed by atoms with Gasteiger partial charge in [-0.1, -0.05) is 28.4 Å². The number of carbonyl (C=O) groups excluding carboxylic acids is 5. The maximum absolute atomic E-state index is 12.9. The number of hydrogen-bond donors (Lipinski definition) is 2. The number of unbranched alkanes of at least 4 members (excludes halogenated alkanes) is 2. The van der Waals surface area contributed by atoms with Gasteiger partial charge < -0.3 is 10.1 Å². The largest absolute Gasteiger partial charge is 0.483 e. The minimum atomic E-state index is -1.05. The molecule has 2 heterocycles. The van der Waals surface area contributed by atoms with Gasteiger partial charge in [0, 0.05) is 18.3 Å². The second-order valence-corrected chi connectivity index (χ2v) is 7.81. The fourth-order valence-corrected chi connectivity index (χ4v) is 3.82. The van der Waals surface area contributed by atoms with Crippen molar-refractivity contribution in [3.63, 3.8) is 0 Å². The number of halogens is 1. The lowest BCUT2D eigenvalue weighted by Crippen LogP contribution is -2.54. The van der Waals surface area contributed by atoms with Gasteiger partial charge in [-0.15, -0.1) is 0 Å². The summed E-state index contributed by atoms with van der Waals surface area (Å²) in [6, 6.07) is 3.47. The standard InChI is InChI=1S/C20H22BrN3O6/c21-9-2-1-3-10-22-16(26)11-30-14-6-4-5-12-17(14)20(29)24(19(12)28)13-7-8-15(25)23-18(13)27/h4-6,13H,1-3,7-11H2,(H,22,26)(H,23,25,27). The van der Waals surface area contributed by atoms with E-state index in [9.17, 15) is 24.0 Å². The molecule has 1 fully saturated rings. The van der Waals surface area contributed by atoms with Crippen molar-refractivity contribution in [1.82, 2.24) is 15.5 Å². The minimum Gasteiger partial charge on any atom is -0.483 e. The molecule has 0 radical (unpaired) electrons. The van der Waals surface area contributed by atoms with Crippen molar-refractivity contribution in [2.75, 3.05) is 18.5 Å². The predicted octanol–water partition coefficient (Wildman–Crippen LogP) is 1.15. The zero-order valence-electron chi connectivity index (χ0n) is 16.2. The molecule has 9 nitrogen and oxygen atoms in total. The van der Waals surface area contributed by atoms with E-state index in [1.54, 1.807) is 6.07 Å². The Balaban J connectivity index is 1.66. The lowest BCUT2D eigenvalue weighted by atomic mass is 10.0. The molecule has 160 valence electrons. The molecule has 5 amide bonds. The summed E-state index contributed by atoms with van der Waals surface area (Å²) in [5.74, 6) is -2.63. The van der Waals surface area contributed by atoms with E-state index in [4.69, 9.17) is 4.74 Å². The number of nitrogens with zero attached hydrogens (tertiary/aromatic N) is 1. The summed E-state index contributed by atoms with van der Waals surface area (Å²) in [5.41, 5.74) is 0.134. The Kier molecular flexibility index (Phi) is 7.20. The molecule has 0 aliphatic carbocycles. The normalized spacial score (nSPS) is 18.3. The van der Waals surface area contributed by atoms with Crippen molar-refractivity contribution >= 4 is 45.5 Å². The third-order valence-corrected chi connectivity index (χ3v) is 5.48. The number of alkyl halides is 1. The van der Waals surface area contributed by atoms with Crippen molar-refractivity contribution in [3.8, 4) is 5.75 Å². The van der Waals surface area contributed by atoms with Crippen LogP contribution in [0.1, 0.15) is 52.8 Å². The summed E-state index contributed by atoms with van der Waals surface area (Å²) in [6.45, 7) is 0.234. The number of imide groups is 2. The second kappa shape index (κ2) is 9.84. The van der Waals surface area contributed by atoms with Crippen LogP contribution in [0, 0.1) is 0 Å². The monoisotopic (exact) mass is 479 g/mol. The average molecular weight is 480 g/mol. The summed E-state index contributed by atoms with van der Waals surface area (Å²) >= 11 is 3.35. The van der Waals surface area contributed by atoms with Gasteiger partial charge in [0.05, 0.1) is 11.1 Å². The molecule has 0 spiro atoms. The van der Waals surface area contributed by atoms with E-state index in [0.29, 0.717) is 6.54 Å². The summed E-state index contributed by atoms with van der Waals surface area (Å²) in [5, 5.41) is 5.82. The van der Waals surface area contributed by atoms with Gasteiger partial charge in [-0.25, -0.2) is 0 Å². The molecule has 0 aromatic heterocycles. The van der Waals surface area contributed by atoms with Gasteiger partial charge in [0.15, 0.2) is 6.61 Å². The highest BCUT2D eigenvalue weighted by Crippen LogP contribution is 2.33. The first-order chi connectivity index (χ1) is 14.4. The molecule has 2 N–H and O–H groups in total. The number of ether oxygens (including phenoxy) is 1. The van der Waals surface area contributed by atoms with Gasteiger partial charge in [-0.05, 0) is 31.4 Å². The maximum atomic E-state index is 12.9. The number of amides is 5. The van der Waals surface area contributed by atoms with Crippen LogP contribution in [0.2, 0.25) is 0 Å². The summed E-state index contributed by atoms with van der Waals surface area (Å²) < 4.78 is 5.51. The zero-order chi connectivity index (χ0) is 21.7. The molecule has 1 unspecified atom stereocenters. The van der Waals surface area contributed by atoms with Crippen LogP contribution in [0.5, 0.6) is 5.75 Å². The summed E-state index contributed by atoms with van der Waals surface area (Å²) in [4.78, 5) is 62.0. The molecule has 2 aliphatic rings. The topological polar surface area (TPSA) is 122 Å². The van der Waals surface area contributed by atoms with E-state index >= 15 is 0 Å². The highest BCUT2D eigenvalue weighted by molar-refractivity contribution is 9.09. The van der Waals surface area contributed by atoms with Crippen LogP contribution in [-0.2, 0) is 14.4 Å². The van der Waals surface area contributed by atoms with Crippen LogP contribution < -0.4 is 15.4 Å². The van der Waals surface area contributed by atoms with E-state index in [-0.39, 0.29) is 42.2 Å². The van der Waals surface area contributed by atoms with E-state index in [1.807, 2.05) is 0 Å². The van der Waals surface area contributed by atoms with Crippen LogP contribution in [0.25, 0.3) is 0 Å². The van der Waals surface area contributed by atoms with Gasteiger partial charge in [-0.2, -0.15) is 0 Å². The fraction of sp³-hybridized carbons (Fsp3) is 0.450. The Labute approximate surface area is 181 Å². The van der Waals surface area contributed by atoms with Crippen molar-refractivity contribution in [2.24, 2.45) is 0 Å². The van der Waals surface area contributed by atoms with Crippen LogP contribution in [0.15, 0.2) is 18.2 Å². The Morgan fingerprint density at radius 3 is 2.70 bits per heavy atom. The van der Waals surface area contributed by atoms with Gasteiger partial charge in [0.1, 0.15) is 11.8 Å². The van der Waals surface area contributed by atoms with E-state index < -0.39 is 29.7 Å². The molecule has 2 aliphatic heterocycles. The predicted molar refractivity (Wildman–Crippen MR) is 109 cm³/mol. The first-order valence-electron chi connectivity index (χ1n) is 9.74. The Bertz CT molecular complexity index is 887. The number of rotatable bonds is 9. The first kappa shape index (κ1) is 21.9. The highest BCUT2D eigenvalue weighted by Gasteiger charge is 2.46. The van der Waals surface area contributed by atoms with Crippen LogP contribution in [-0.4, -0.2) is 59.0 Å². The Morgan fingerprint density at radius 2 is 1.97 bits per heavy atom. The van der Waals surface area contributed by atoms with E-state index in [2.05, 4.69) is 26.6 Å². The van der Waals surface area contributed by atoms with E-state index in [0.717, 1.165) is 29.5 Å². The van der Waals surface area contributed by atoms with E-state index in [1.165, 1.54) is 12.1 Å². The van der Waals surface area contributed by atoms with Crippen molar-refractivity contribution in [3.05, 3.63) is 29.3 Å². The third kappa shape index (κ3) is 4.69. The quantitative estimate of drug-likeness (QED) is 0.311. The number of nitrogens with one attached hydrogen (secondary N) is 2.